The molecule has 2 aromatic rings. The number of hydrogen-bond acceptors (Lipinski definition) is 3. The van der Waals surface area contributed by atoms with Crippen LogP contribution in [0.5, 0.6) is 0 Å². The van der Waals surface area contributed by atoms with Crippen molar-refractivity contribution in [1.29, 1.82) is 0 Å². The largest absolute Gasteiger partial charge is 0.469 e. The van der Waals surface area contributed by atoms with Gasteiger partial charge in [0.25, 0.3) is 5.91 Å². The number of nitrogens with one attached hydrogen (secondary N) is 1. The van der Waals surface area contributed by atoms with Gasteiger partial charge in [0.2, 0.25) is 0 Å². The molecule has 0 unspecified atom stereocenters. The summed E-state index contributed by atoms with van der Waals surface area (Å²) in [6, 6.07) is 17.4. The number of hydrogen-bond donors (Lipinski definition) is 1. The van der Waals surface area contributed by atoms with Crippen molar-refractivity contribution in [3.8, 4) is 11.1 Å². The number of esters is 1. The molecular weight excluding hydrogens is 290 g/mol. The van der Waals surface area contributed by atoms with Crippen LogP contribution >= 0.6 is 0 Å². The van der Waals surface area contributed by atoms with Gasteiger partial charge >= 0.3 is 5.97 Å². The van der Waals surface area contributed by atoms with Crippen LogP contribution in [0.2, 0.25) is 0 Å². The monoisotopic (exact) mass is 311 g/mol. The lowest BCUT2D eigenvalue weighted by atomic mass is 10.0. The molecule has 2 rings (SSSR count). The topological polar surface area (TPSA) is 55.4 Å². The molecule has 2 aromatic carbocycles. The molecule has 0 spiro atoms. The zero-order valence-electron chi connectivity index (χ0n) is 13.4. The van der Waals surface area contributed by atoms with Crippen molar-refractivity contribution in [1.82, 2.24) is 5.32 Å². The highest BCUT2D eigenvalue weighted by molar-refractivity contribution is 5.94. The summed E-state index contributed by atoms with van der Waals surface area (Å²) in [6.07, 6.45) is 0.853. The third-order valence-corrected chi connectivity index (χ3v) is 3.64. The Morgan fingerprint density at radius 1 is 1.00 bits per heavy atom. The molecule has 0 aliphatic carbocycles. The standard InChI is InChI=1S/C19H21NO3/c1-14(8-13-18(21)23-2)20-19(22)17-11-9-16(10-12-17)15-6-4-3-5-7-15/h3-7,9-12,14H,8,13H2,1-2H3,(H,20,22)/t14-/m1/s1. The van der Waals surface area contributed by atoms with E-state index in [4.69, 9.17) is 0 Å². The first-order chi connectivity index (χ1) is 11.1. The summed E-state index contributed by atoms with van der Waals surface area (Å²) in [6.45, 7) is 1.87. The number of carbonyl (C=O) groups is 2. The Bertz CT molecular complexity index is 650. The minimum atomic E-state index is -0.265. The molecule has 0 saturated heterocycles. The Morgan fingerprint density at radius 3 is 2.22 bits per heavy atom. The van der Waals surface area contributed by atoms with Crippen LogP contribution in [0, 0.1) is 0 Å². The number of amides is 1. The van der Waals surface area contributed by atoms with E-state index in [9.17, 15) is 9.59 Å². The fraction of sp³-hybridized carbons (Fsp3) is 0.263. The molecule has 0 aliphatic rings. The molecule has 120 valence electrons. The van der Waals surface area contributed by atoms with E-state index in [1.165, 1.54) is 7.11 Å². The maximum Gasteiger partial charge on any atom is 0.305 e. The van der Waals surface area contributed by atoms with Crippen molar-refractivity contribution in [2.24, 2.45) is 0 Å². The van der Waals surface area contributed by atoms with E-state index in [-0.39, 0.29) is 17.9 Å². The number of methoxy groups -OCH3 is 1. The van der Waals surface area contributed by atoms with Gasteiger partial charge in [0.05, 0.1) is 7.11 Å². The van der Waals surface area contributed by atoms with Crippen molar-refractivity contribution in [2.75, 3.05) is 7.11 Å². The Morgan fingerprint density at radius 2 is 1.61 bits per heavy atom. The predicted octanol–water partition coefficient (Wildman–Crippen LogP) is 3.43. The Balaban J connectivity index is 1.94. The molecule has 1 atom stereocenters. The Hall–Kier alpha value is -2.62. The third-order valence-electron chi connectivity index (χ3n) is 3.64. The second-order valence-electron chi connectivity index (χ2n) is 5.43. The molecule has 0 saturated carbocycles. The molecule has 1 amide bonds. The first kappa shape index (κ1) is 16.7. The molecule has 1 N–H and O–H groups in total. The summed E-state index contributed by atoms with van der Waals surface area (Å²) >= 11 is 0. The summed E-state index contributed by atoms with van der Waals surface area (Å²) < 4.78 is 4.59. The van der Waals surface area contributed by atoms with Gasteiger partial charge < -0.3 is 10.1 Å². The van der Waals surface area contributed by atoms with E-state index in [1.807, 2.05) is 61.5 Å². The summed E-state index contributed by atoms with van der Waals surface area (Å²) in [5.41, 5.74) is 2.79. The van der Waals surface area contributed by atoms with Crippen LogP contribution in [0.1, 0.15) is 30.1 Å². The molecule has 0 aliphatic heterocycles. The SMILES string of the molecule is COC(=O)CC[C@@H](C)NC(=O)c1ccc(-c2ccccc2)cc1. The van der Waals surface area contributed by atoms with E-state index in [0.717, 1.165) is 11.1 Å². The van der Waals surface area contributed by atoms with Crippen LogP contribution in [0.4, 0.5) is 0 Å². The quantitative estimate of drug-likeness (QED) is 0.832. The maximum absolute atomic E-state index is 12.2. The second kappa shape index (κ2) is 8.13. The van der Waals surface area contributed by atoms with Gasteiger partial charge in [-0.3, -0.25) is 9.59 Å². The number of carbonyl (C=O) groups excluding carboxylic acids is 2. The van der Waals surface area contributed by atoms with Crippen molar-refractivity contribution in [3.05, 3.63) is 60.2 Å². The van der Waals surface area contributed by atoms with E-state index >= 15 is 0 Å². The van der Waals surface area contributed by atoms with Gasteiger partial charge in [0.15, 0.2) is 0 Å². The first-order valence-electron chi connectivity index (χ1n) is 7.63. The molecule has 0 radical (unpaired) electrons. The lowest BCUT2D eigenvalue weighted by molar-refractivity contribution is -0.140. The molecule has 23 heavy (non-hydrogen) atoms. The average molecular weight is 311 g/mol. The lowest BCUT2D eigenvalue weighted by Gasteiger charge is -2.13. The van der Waals surface area contributed by atoms with Gasteiger partial charge in [-0.1, -0.05) is 42.5 Å². The molecule has 0 aromatic heterocycles. The summed E-state index contributed by atoms with van der Waals surface area (Å²) in [5, 5.41) is 2.89. The van der Waals surface area contributed by atoms with Gasteiger partial charge in [0, 0.05) is 18.0 Å². The first-order valence-corrected chi connectivity index (χ1v) is 7.63. The van der Waals surface area contributed by atoms with Crippen molar-refractivity contribution < 1.29 is 14.3 Å². The van der Waals surface area contributed by atoms with Crippen LogP contribution in [0.3, 0.4) is 0 Å². The van der Waals surface area contributed by atoms with E-state index in [1.54, 1.807) is 0 Å². The van der Waals surface area contributed by atoms with Crippen LogP contribution < -0.4 is 5.32 Å². The fourth-order valence-corrected chi connectivity index (χ4v) is 2.26. The zero-order chi connectivity index (χ0) is 16.7. The number of benzene rings is 2. The highest BCUT2D eigenvalue weighted by Gasteiger charge is 2.11. The van der Waals surface area contributed by atoms with Gasteiger partial charge in [-0.2, -0.15) is 0 Å². The highest BCUT2D eigenvalue weighted by Crippen LogP contribution is 2.19. The minimum absolute atomic E-state index is 0.0876. The number of ether oxygens (including phenoxy) is 1. The van der Waals surface area contributed by atoms with Crippen LogP contribution in [0.25, 0.3) is 11.1 Å². The van der Waals surface area contributed by atoms with Crippen molar-refractivity contribution >= 4 is 11.9 Å². The van der Waals surface area contributed by atoms with Gasteiger partial charge in [-0.25, -0.2) is 0 Å². The second-order valence-corrected chi connectivity index (χ2v) is 5.43. The van der Waals surface area contributed by atoms with Crippen LogP contribution in [0.15, 0.2) is 54.6 Å². The molecule has 0 heterocycles. The van der Waals surface area contributed by atoms with Crippen LogP contribution in [-0.4, -0.2) is 25.0 Å². The summed E-state index contributed by atoms with van der Waals surface area (Å²) in [7, 11) is 1.36. The predicted molar refractivity (Wildman–Crippen MR) is 90.1 cm³/mol. The molecule has 0 bridgehead atoms. The maximum atomic E-state index is 12.2. The van der Waals surface area contributed by atoms with Crippen molar-refractivity contribution in [3.63, 3.8) is 0 Å². The van der Waals surface area contributed by atoms with Crippen LogP contribution in [-0.2, 0) is 9.53 Å². The summed E-state index contributed by atoms with van der Waals surface area (Å²) in [4.78, 5) is 23.3. The zero-order valence-corrected chi connectivity index (χ0v) is 13.4. The Labute approximate surface area is 136 Å². The van der Waals surface area contributed by atoms with Gasteiger partial charge in [-0.05, 0) is 36.6 Å². The molecule has 4 nitrogen and oxygen atoms in total. The molecule has 0 fully saturated rings. The Kier molecular flexibility index (Phi) is 5.92. The lowest BCUT2D eigenvalue weighted by Crippen LogP contribution is -2.32. The highest BCUT2D eigenvalue weighted by atomic mass is 16.5. The minimum Gasteiger partial charge on any atom is -0.469 e. The summed E-state index contributed by atoms with van der Waals surface area (Å²) in [5.74, 6) is -0.403. The third kappa shape index (κ3) is 4.95. The average Bonchev–Trinajstić information content (AvgIpc) is 2.60. The van der Waals surface area contributed by atoms with E-state index < -0.39 is 0 Å². The molecular formula is C19H21NO3. The van der Waals surface area contributed by atoms with Gasteiger partial charge in [-0.15, -0.1) is 0 Å². The smallest absolute Gasteiger partial charge is 0.305 e. The van der Waals surface area contributed by atoms with E-state index in [0.29, 0.717) is 18.4 Å². The van der Waals surface area contributed by atoms with Gasteiger partial charge in [0.1, 0.15) is 0 Å². The normalized spacial score (nSPS) is 11.6. The molecule has 4 heteroatoms. The fourth-order valence-electron chi connectivity index (χ4n) is 2.26. The number of rotatable bonds is 6. The van der Waals surface area contributed by atoms with E-state index in [2.05, 4.69) is 10.1 Å². The van der Waals surface area contributed by atoms with Crippen molar-refractivity contribution in [2.45, 2.75) is 25.8 Å².